The maximum Gasteiger partial charge on any atom is 0.410 e. The number of benzene rings is 1. The number of hydrogen-bond acceptors (Lipinski definition) is 5. The van der Waals surface area contributed by atoms with Crippen molar-refractivity contribution in [1.29, 1.82) is 0 Å². The quantitative estimate of drug-likeness (QED) is 0.768. The second-order valence-corrected chi connectivity index (χ2v) is 7.60. The number of aromatic nitrogens is 2. The SMILES string of the molecule is Cc1c(Cl)cccc1-c1nnc([C@@H]2CCCN2C(=O)OC(C)(C)C)o1. The molecule has 0 aliphatic carbocycles. The zero-order chi connectivity index (χ0) is 18.2. The van der Waals surface area contributed by atoms with Crippen LogP contribution in [0.3, 0.4) is 0 Å². The minimum absolute atomic E-state index is 0.254. The van der Waals surface area contributed by atoms with E-state index in [0.717, 1.165) is 24.0 Å². The van der Waals surface area contributed by atoms with Crippen LogP contribution in [0, 0.1) is 6.92 Å². The lowest BCUT2D eigenvalue weighted by Gasteiger charge is -2.27. The summed E-state index contributed by atoms with van der Waals surface area (Å²) in [6.45, 7) is 8.08. The molecule has 1 aromatic heterocycles. The molecular weight excluding hydrogens is 342 g/mol. The highest BCUT2D eigenvalue weighted by molar-refractivity contribution is 6.31. The Balaban J connectivity index is 1.84. The molecule has 6 nitrogen and oxygen atoms in total. The van der Waals surface area contributed by atoms with E-state index in [1.807, 2.05) is 45.9 Å². The van der Waals surface area contributed by atoms with Gasteiger partial charge in [-0.1, -0.05) is 17.7 Å². The van der Waals surface area contributed by atoms with Gasteiger partial charge in [-0.05, 0) is 58.2 Å². The Hall–Kier alpha value is -2.08. The molecule has 0 bridgehead atoms. The first-order chi connectivity index (χ1) is 11.8. The number of amides is 1. The molecule has 134 valence electrons. The van der Waals surface area contributed by atoms with E-state index < -0.39 is 5.60 Å². The van der Waals surface area contributed by atoms with Crippen LogP contribution in [0.5, 0.6) is 0 Å². The molecule has 0 spiro atoms. The number of ether oxygens (including phenoxy) is 1. The van der Waals surface area contributed by atoms with E-state index in [4.69, 9.17) is 20.8 Å². The zero-order valence-electron chi connectivity index (χ0n) is 14.9. The Labute approximate surface area is 152 Å². The third kappa shape index (κ3) is 3.79. The maximum atomic E-state index is 12.4. The predicted molar refractivity (Wildman–Crippen MR) is 94.4 cm³/mol. The van der Waals surface area contributed by atoms with E-state index in [0.29, 0.717) is 23.3 Å². The van der Waals surface area contributed by atoms with Crippen molar-refractivity contribution in [2.24, 2.45) is 0 Å². The molecule has 1 atom stereocenters. The molecule has 1 amide bonds. The van der Waals surface area contributed by atoms with Gasteiger partial charge in [0.2, 0.25) is 11.8 Å². The third-order valence-corrected chi connectivity index (χ3v) is 4.51. The fourth-order valence-corrected chi connectivity index (χ4v) is 3.05. The lowest BCUT2D eigenvalue weighted by atomic mass is 10.1. The van der Waals surface area contributed by atoms with Crippen molar-refractivity contribution in [3.63, 3.8) is 0 Å². The van der Waals surface area contributed by atoms with Crippen molar-refractivity contribution in [1.82, 2.24) is 15.1 Å². The van der Waals surface area contributed by atoms with E-state index in [1.165, 1.54) is 0 Å². The highest BCUT2D eigenvalue weighted by Crippen LogP contribution is 2.35. The number of carbonyl (C=O) groups excluding carboxylic acids is 1. The van der Waals surface area contributed by atoms with Gasteiger partial charge in [0.25, 0.3) is 0 Å². The van der Waals surface area contributed by atoms with E-state index in [9.17, 15) is 4.79 Å². The molecule has 1 fully saturated rings. The Morgan fingerprint density at radius 2 is 2.12 bits per heavy atom. The summed E-state index contributed by atoms with van der Waals surface area (Å²) in [5, 5.41) is 8.96. The van der Waals surface area contributed by atoms with Crippen molar-refractivity contribution < 1.29 is 13.9 Å². The molecule has 1 aromatic carbocycles. The summed E-state index contributed by atoms with van der Waals surface area (Å²) in [4.78, 5) is 14.1. The molecule has 2 heterocycles. The van der Waals surface area contributed by atoms with Gasteiger partial charge in [0.05, 0.1) is 0 Å². The van der Waals surface area contributed by atoms with Crippen LogP contribution in [0.1, 0.15) is 51.1 Å². The maximum absolute atomic E-state index is 12.4. The molecule has 0 unspecified atom stereocenters. The molecule has 3 rings (SSSR count). The van der Waals surface area contributed by atoms with Crippen LogP contribution in [0.15, 0.2) is 22.6 Å². The van der Waals surface area contributed by atoms with Crippen LogP contribution in [0.4, 0.5) is 4.79 Å². The summed E-state index contributed by atoms with van der Waals surface area (Å²) >= 11 is 6.16. The van der Waals surface area contributed by atoms with Gasteiger partial charge >= 0.3 is 6.09 Å². The molecule has 1 aliphatic rings. The number of hydrogen-bond donors (Lipinski definition) is 0. The highest BCUT2D eigenvalue weighted by atomic mass is 35.5. The summed E-state index contributed by atoms with van der Waals surface area (Å²) in [6, 6.07) is 5.30. The topological polar surface area (TPSA) is 68.5 Å². The van der Waals surface area contributed by atoms with Crippen LogP contribution in [-0.2, 0) is 4.74 Å². The van der Waals surface area contributed by atoms with E-state index >= 15 is 0 Å². The lowest BCUT2D eigenvalue weighted by molar-refractivity contribution is 0.0204. The normalized spacial score (nSPS) is 17.8. The van der Waals surface area contributed by atoms with Gasteiger partial charge in [-0.2, -0.15) is 0 Å². The minimum Gasteiger partial charge on any atom is -0.444 e. The van der Waals surface area contributed by atoms with Gasteiger partial charge in [0.15, 0.2) is 0 Å². The van der Waals surface area contributed by atoms with Crippen LogP contribution in [0.2, 0.25) is 5.02 Å². The first-order valence-corrected chi connectivity index (χ1v) is 8.72. The smallest absolute Gasteiger partial charge is 0.410 e. The average molecular weight is 364 g/mol. The summed E-state index contributed by atoms with van der Waals surface area (Å²) in [5.41, 5.74) is 1.14. The van der Waals surface area contributed by atoms with E-state index in [2.05, 4.69) is 10.2 Å². The summed E-state index contributed by atoms with van der Waals surface area (Å²) in [7, 11) is 0. The number of carbonyl (C=O) groups is 1. The van der Waals surface area contributed by atoms with Gasteiger partial charge in [-0.25, -0.2) is 4.79 Å². The first kappa shape index (κ1) is 17.7. The molecule has 2 aromatic rings. The van der Waals surface area contributed by atoms with Gasteiger partial charge < -0.3 is 9.15 Å². The number of halogens is 1. The van der Waals surface area contributed by atoms with Crippen molar-refractivity contribution in [3.8, 4) is 11.5 Å². The molecule has 0 saturated carbocycles. The molecule has 7 heteroatoms. The van der Waals surface area contributed by atoms with E-state index in [1.54, 1.807) is 4.90 Å². The van der Waals surface area contributed by atoms with Crippen LogP contribution < -0.4 is 0 Å². The Kier molecular flexibility index (Phi) is 4.73. The fourth-order valence-electron chi connectivity index (χ4n) is 2.88. The van der Waals surface area contributed by atoms with Crippen LogP contribution in [-0.4, -0.2) is 33.3 Å². The first-order valence-electron chi connectivity index (χ1n) is 8.35. The van der Waals surface area contributed by atoms with Gasteiger partial charge in [-0.3, -0.25) is 4.90 Å². The zero-order valence-corrected chi connectivity index (χ0v) is 15.6. The Bertz CT molecular complexity index is 782. The van der Waals surface area contributed by atoms with E-state index in [-0.39, 0.29) is 12.1 Å². The number of likely N-dealkylation sites (tertiary alicyclic amines) is 1. The van der Waals surface area contributed by atoms with Gasteiger partial charge in [-0.15, -0.1) is 10.2 Å². The molecule has 1 saturated heterocycles. The van der Waals surface area contributed by atoms with Crippen molar-refractivity contribution >= 4 is 17.7 Å². The fraction of sp³-hybridized carbons (Fsp3) is 0.500. The number of rotatable bonds is 2. The summed E-state index contributed by atoms with van der Waals surface area (Å²) < 4.78 is 11.3. The monoisotopic (exact) mass is 363 g/mol. The summed E-state index contributed by atoms with van der Waals surface area (Å²) in [6.07, 6.45) is 1.29. The molecule has 0 radical (unpaired) electrons. The number of nitrogens with zero attached hydrogens (tertiary/aromatic N) is 3. The predicted octanol–water partition coefficient (Wildman–Crippen LogP) is 4.77. The van der Waals surface area contributed by atoms with Crippen LogP contribution >= 0.6 is 11.6 Å². The minimum atomic E-state index is -0.540. The molecule has 1 aliphatic heterocycles. The standard InChI is InChI=1S/C18H22ClN3O3/c1-11-12(7-5-8-13(11)19)15-20-21-16(24-15)14-9-6-10-22(14)17(23)25-18(2,3)4/h5,7-8,14H,6,9-10H2,1-4H3/t14-/m0/s1. The second kappa shape index (κ2) is 6.67. The highest BCUT2D eigenvalue weighted by Gasteiger charge is 2.36. The van der Waals surface area contributed by atoms with Crippen LogP contribution in [0.25, 0.3) is 11.5 Å². The average Bonchev–Trinajstić information content (AvgIpc) is 3.16. The molecule has 0 N–H and O–H groups in total. The van der Waals surface area contributed by atoms with Crippen molar-refractivity contribution in [3.05, 3.63) is 34.7 Å². The Morgan fingerprint density at radius 1 is 1.36 bits per heavy atom. The Morgan fingerprint density at radius 3 is 2.84 bits per heavy atom. The molecular formula is C18H22ClN3O3. The summed E-state index contributed by atoms with van der Waals surface area (Å²) in [5.74, 6) is 0.837. The third-order valence-electron chi connectivity index (χ3n) is 4.10. The lowest BCUT2D eigenvalue weighted by Crippen LogP contribution is -2.36. The largest absolute Gasteiger partial charge is 0.444 e. The van der Waals surface area contributed by atoms with Gasteiger partial charge in [0, 0.05) is 17.1 Å². The van der Waals surface area contributed by atoms with Crippen molar-refractivity contribution in [2.45, 2.75) is 52.2 Å². The van der Waals surface area contributed by atoms with Crippen molar-refractivity contribution in [2.75, 3.05) is 6.54 Å². The van der Waals surface area contributed by atoms with Gasteiger partial charge in [0.1, 0.15) is 11.6 Å². The molecule has 25 heavy (non-hydrogen) atoms. The second-order valence-electron chi connectivity index (χ2n) is 7.19.